The average molecular weight is 265 g/mol. The Morgan fingerprint density at radius 2 is 2.18 bits per heavy atom. The summed E-state index contributed by atoms with van der Waals surface area (Å²) in [6.45, 7) is -0.118. The van der Waals surface area contributed by atoms with Gasteiger partial charge in [0, 0.05) is 6.07 Å². The lowest BCUT2D eigenvalue weighted by Gasteiger charge is -2.08. The molecule has 0 saturated heterocycles. The molecule has 0 amide bonds. The maximum Gasteiger partial charge on any atom is 0.382 e. The first-order valence-corrected chi connectivity index (χ1v) is 6.29. The van der Waals surface area contributed by atoms with Gasteiger partial charge in [0.15, 0.2) is 0 Å². The third-order valence-corrected chi connectivity index (χ3v) is 2.03. The van der Waals surface area contributed by atoms with Gasteiger partial charge in [0.2, 0.25) is 0 Å². The molecule has 1 aromatic heterocycles. The number of ether oxygens (including phenoxy) is 1. The van der Waals surface area contributed by atoms with Crippen LogP contribution in [0.15, 0.2) is 17.1 Å². The predicted octanol–water partition coefficient (Wildman–Crippen LogP) is -1.59. The fourth-order valence-electron chi connectivity index (χ4n) is 0.881. The summed E-state index contributed by atoms with van der Waals surface area (Å²) in [6.07, 6.45) is 0.596. The van der Waals surface area contributed by atoms with Crippen molar-refractivity contribution in [2.45, 2.75) is 0 Å². The van der Waals surface area contributed by atoms with Crippen LogP contribution in [0, 0.1) is 0 Å². The van der Waals surface area contributed by atoms with Gasteiger partial charge >= 0.3 is 13.3 Å². The zero-order valence-electron chi connectivity index (χ0n) is 8.72. The number of aromatic nitrogens is 2. The SMILES string of the molecule is Nc1ccn(OCCOCP(=O)(O)O)c(=O)n1. The van der Waals surface area contributed by atoms with E-state index in [0.29, 0.717) is 0 Å². The summed E-state index contributed by atoms with van der Waals surface area (Å²) in [5, 5.41) is 0. The summed E-state index contributed by atoms with van der Waals surface area (Å²) in [4.78, 5) is 36.4. The number of nitrogens with zero attached hydrogens (tertiary/aromatic N) is 2. The zero-order chi connectivity index (χ0) is 12.9. The molecule has 0 aliphatic heterocycles. The summed E-state index contributed by atoms with van der Waals surface area (Å²) >= 11 is 0. The van der Waals surface area contributed by atoms with Crippen LogP contribution in [0.4, 0.5) is 5.82 Å². The summed E-state index contributed by atoms with van der Waals surface area (Å²) in [5.74, 6) is 0.0765. The third kappa shape index (κ3) is 5.45. The molecule has 9 nitrogen and oxygen atoms in total. The van der Waals surface area contributed by atoms with Crippen molar-refractivity contribution in [1.82, 2.24) is 9.71 Å². The number of hydrogen-bond acceptors (Lipinski definition) is 6. The number of hydrogen-bond donors (Lipinski definition) is 3. The Hall–Kier alpha value is -1.41. The van der Waals surface area contributed by atoms with Crippen LogP contribution in [-0.2, 0) is 9.30 Å². The largest absolute Gasteiger partial charge is 0.407 e. The molecule has 0 bridgehead atoms. The highest BCUT2D eigenvalue weighted by Gasteiger charge is 2.12. The molecule has 0 saturated carbocycles. The van der Waals surface area contributed by atoms with E-state index in [1.807, 2.05) is 0 Å². The average Bonchev–Trinajstić information content (AvgIpc) is 2.18. The van der Waals surface area contributed by atoms with Gasteiger partial charge in [0.25, 0.3) is 0 Å². The highest BCUT2D eigenvalue weighted by molar-refractivity contribution is 7.51. The topological polar surface area (TPSA) is 137 Å². The van der Waals surface area contributed by atoms with Crippen molar-refractivity contribution in [2.75, 3.05) is 25.3 Å². The van der Waals surface area contributed by atoms with Crippen molar-refractivity contribution in [1.29, 1.82) is 0 Å². The first-order valence-electron chi connectivity index (χ1n) is 4.49. The highest BCUT2D eigenvalue weighted by Crippen LogP contribution is 2.33. The molecule has 0 aliphatic rings. The summed E-state index contributed by atoms with van der Waals surface area (Å²) in [6, 6.07) is 1.37. The van der Waals surface area contributed by atoms with Crippen LogP contribution < -0.4 is 16.3 Å². The molecule has 96 valence electrons. The van der Waals surface area contributed by atoms with Crippen molar-refractivity contribution in [3.05, 3.63) is 22.7 Å². The molecular formula is C7H12N3O6P. The van der Waals surface area contributed by atoms with E-state index in [2.05, 4.69) is 9.72 Å². The lowest BCUT2D eigenvalue weighted by Crippen LogP contribution is -2.30. The Morgan fingerprint density at radius 1 is 1.47 bits per heavy atom. The first-order chi connectivity index (χ1) is 7.88. The summed E-state index contributed by atoms with van der Waals surface area (Å²) in [5.41, 5.74) is 4.58. The lowest BCUT2D eigenvalue weighted by molar-refractivity contribution is 0.0420. The van der Waals surface area contributed by atoms with E-state index in [9.17, 15) is 9.36 Å². The van der Waals surface area contributed by atoms with Crippen LogP contribution in [0.2, 0.25) is 0 Å². The highest BCUT2D eigenvalue weighted by atomic mass is 31.2. The van der Waals surface area contributed by atoms with E-state index in [1.165, 1.54) is 12.3 Å². The molecule has 1 aromatic rings. The molecule has 0 aromatic carbocycles. The van der Waals surface area contributed by atoms with Gasteiger partial charge in [0.05, 0.1) is 12.8 Å². The van der Waals surface area contributed by atoms with Gasteiger partial charge in [-0.2, -0.15) is 4.98 Å². The normalized spacial score (nSPS) is 11.4. The Bertz CT molecular complexity index is 469. The van der Waals surface area contributed by atoms with Gasteiger partial charge in [-0.25, -0.2) is 4.79 Å². The molecule has 0 atom stereocenters. The van der Waals surface area contributed by atoms with Crippen LogP contribution in [0.5, 0.6) is 0 Å². The van der Waals surface area contributed by atoms with Crippen molar-refractivity contribution < 1.29 is 23.9 Å². The molecular weight excluding hydrogens is 253 g/mol. The number of anilines is 1. The minimum Gasteiger partial charge on any atom is -0.407 e. The van der Waals surface area contributed by atoms with Crippen molar-refractivity contribution >= 4 is 13.4 Å². The van der Waals surface area contributed by atoms with Gasteiger partial charge in [0.1, 0.15) is 18.8 Å². The molecule has 0 unspecified atom stereocenters. The van der Waals surface area contributed by atoms with E-state index >= 15 is 0 Å². The molecule has 4 N–H and O–H groups in total. The van der Waals surface area contributed by atoms with Crippen LogP contribution in [0.25, 0.3) is 0 Å². The number of nitrogen functional groups attached to an aromatic ring is 1. The fraction of sp³-hybridized carbons (Fsp3) is 0.429. The Kier molecular flexibility index (Phi) is 4.64. The van der Waals surface area contributed by atoms with Crippen LogP contribution in [0.1, 0.15) is 0 Å². The number of rotatable bonds is 6. The molecule has 0 radical (unpaired) electrons. The fourth-order valence-corrected chi connectivity index (χ4v) is 1.25. The van der Waals surface area contributed by atoms with E-state index in [0.717, 1.165) is 4.73 Å². The zero-order valence-corrected chi connectivity index (χ0v) is 9.62. The molecule has 10 heteroatoms. The second-order valence-electron chi connectivity index (χ2n) is 3.00. The van der Waals surface area contributed by atoms with Gasteiger partial charge in [-0.1, -0.05) is 0 Å². The minimum atomic E-state index is -4.17. The standard InChI is InChI=1S/C7H12N3O6P/c8-6-1-2-10(7(11)9-6)16-4-3-15-5-17(12,13)14/h1-2H,3-5H2,(H2,8,9,11)(H2,12,13,14). The summed E-state index contributed by atoms with van der Waals surface area (Å²) < 4.78 is 15.9. The molecule has 0 spiro atoms. The second-order valence-corrected chi connectivity index (χ2v) is 4.58. The van der Waals surface area contributed by atoms with Gasteiger partial charge in [-0.15, -0.1) is 4.73 Å². The van der Waals surface area contributed by atoms with Gasteiger partial charge in [-0.3, -0.25) is 4.57 Å². The lowest BCUT2D eigenvalue weighted by atomic mass is 10.6. The monoisotopic (exact) mass is 265 g/mol. The minimum absolute atomic E-state index is 0.0501. The Morgan fingerprint density at radius 3 is 2.76 bits per heavy atom. The van der Waals surface area contributed by atoms with Crippen LogP contribution in [-0.4, -0.2) is 39.1 Å². The second kappa shape index (κ2) is 5.78. The van der Waals surface area contributed by atoms with E-state index in [4.69, 9.17) is 20.4 Å². The maximum atomic E-state index is 11.1. The van der Waals surface area contributed by atoms with E-state index < -0.39 is 19.6 Å². The first kappa shape index (κ1) is 13.7. The smallest absolute Gasteiger partial charge is 0.382 e. The van der Waals surface area contributed by atoms with Gasteiger partial charge < -0.3 is 25.1 Å². The van der Waals surface area contributed by atoms with Crippen LogP contribution >= 0.6 is 7.60 Å². The molecule has 0 aliphatic carbocycles. The van der Waals surface area contributed by atoms with Crippen molar-refractivity contribution in [3.8, 4) is 0 Å². The quantitative estimate of drug-likeness (QED) is 0.413. The van der Waals surface area contributed by atoms with Crippen molar-refractivity contribution in [2.24, 2.45) is 0 Å². The summed E-state index contributed by atoms with van der Waals surface area (Å²) in [7, 11) is -4.17. The molecule has 1 rings (SSSR count). The van der Waals surface area contributed by atoms with Crippen molar-refractivity contribution in [3.63, 3.8) is 0 Å². The maximum absolute atomic E-state index is 11.1. The van der Waals surface area contributed by atoms with E-state index in [1.54, 1.807) is 0 Å². The molecule has 17 heavy (non-hydrogen) atoms. The van der Waals surface area contributed by atoms with E-state index in [-0.39, 0.29) is 19.0 Å². The van der Waals surface area contributed by atoms with Gasteiger partial charge in [-0.05, 0) is 0 Å². The molecule has 1 heterocycles. The van der Waals surface area contributed by atoms with Crippen LogP contribution in [0.3, 0.4) is 0 Å². The Balaban J connectivity index is 2.32. The molecule has 0 fully saturated rings. The Labute approximate surface area is 95.9 Å². The number of nitrogens with two attached hydrogens (primary N) is 1. The third-order valence-electron chi connectivity index (χ3n) is 1.51. The predicted molar refractivity (Wildman–Crippen MR) is 57.2 cm³/mol.